The van der Waals surface area contributed by atoms with Crippen LogP contribution in [0.3, 0.4) is 0 Å². The number of benzene rings is 2. The molecule has 2 aromatic carbocycles. The fraction of sp³-hybridized carbons (Fsp3) is 0.179. The maximum Gasteiger partial charge on any atom is 0.271 e. The fourth-order valence-corrected chi connectivity index (χ4v) is 5.07. The molecule has 1 saturated heterocycles. The normalized spacial score (nSPS) is 16.8. The number of rotatable bonds is 8. The van der Waals surface area contributed by atoms with E-state index in [1.165, 1.54) is 6.07 Å². The Labute approximate surface area is 225 Å². The van der Waals surface area contributed by atoms with Gasteiger partial charge in [-0.3, -0.25) is 19.9 Å². The van der Waals surface area contributed by atoms with Gasteiger partial charge in [-0.25, -0.2) is 0 Å². The largest absolute Gasteiger partial charge is 0.352 e. The van der Waals surface area contributed by atoms with E-state index in [-0.39, 0.29) is 30.1 Å². The molecular formula is C28H26N6O3S. The molecule has 9 nitrogen and oxygen atoms in total. The number of nitro groups is 1. The van der Waals surface area contributed by atoms with Crippen molar-refractivity contribution >= 4 is 34.6 Å². The number of aryl methyl sites for hydroxylation is 1. The van der Waals surface area contributed by atoms with E-state index in [0.29, 0.717) is 17.3 Å². The molecule has 4 aromatic rings. The van der Waals surface area contributed by atoms with Gasteiger partial charge in [0.1, 0.15) is 0 Å². The van der Waals surface area contributed by atoms with Crippen LogP contribution in [0.15, 0.2) is 91.3 Å². The Morgan fingerprint density at radius 2 is 1.92 bits per heavy atom. The zero-order valence-corrected chi connectivity index (χ0v) is 21.5. The van der Waals surface area contributed by atoms with E-state index in [1.54, 1.807) is 18.3 Å². The van der Waals surface area contributed by atoms with E-state index in [9.17, 15) is 14.9 Å². The van der Waals surface area contributed by atoms with Crippen molar-refractivity contribution in [3.05, 3.63) is 118 Å². The summed E-state index contributed by atoms with van der Waals surface area (Å²) in [7, 11) is 0. The second-order valence-corrected chi connectivity index (χ2v) is 9.40. The number of hydrogen-bond acceptors (Lipinski definition) is 5. The summed E-state index contributed by atoms with van der Waals surface area (Å²) >= 11 is 5.74. The number of amides is 1. The van der Waals surface area contributed by atoms with Crippen LogP contribution >= 0.6 is 12.2 Å². The van der Waals surface area contributed by atoms with Gasteiger partial charge < -0.3 is 20.1 Å². The van der Waals surface area contributed by atoms with Crippen molar-refractivity contribution in [3.8, 4) is 5.69 Å². The summed E-state index contributed by atoms with van der Waals surface area (Å²) in [6.07, 6.45) is 3.82. The number of anilines is 1. The van der Waals surface area contributed by atoms with Crippen molar-refractivity contribution in [2.24, 2.45) is 0 Å². The minimum absolute atomic E-state index is 0.00762. The van der Waals surface area contributed by atoms with Gasteiger partial charge in [-0.15, -0.1) is 0 Å². The molecule has 0 unspecified atom stereocenters. The smallest absolute Gasteiger partial charge is 0.271 e. The average molecular weight is 527 g/mol. The van der Waals surface area contributed by atoms with Crippen molar-refractivity contribution in [2.45, 2.75) is 25.4 Å². The third-order valence-electron chi connectivity index (χ3n) is 6.60. The van der Waals surface area contributed by atoms with Crippen LogP contribution in [-0.2, 0) is 4.79 Å². The quantitative estimate of drug-likeness (QED) is 0.187. The number of carbonyl (C=O) groups is 1. The summed E-state index contributed by atoms with van der Waals surface area (Å²) in [6.45, 7) is 2.32. The summed E-state index contributed by atoms with van der Waals surface area (Å²) in [6, 6.07) is 23.1. The van der Waals surface area contributed by atoms with E-state index in [2.05, 4.69) is 15.6 Å². The summed E-state index contributed by atoms with van der Waals surface area (Å²) in [5.74, 6) is -0.115. The number of nitrogens with zero attached hydrogens (tertiary/aromatic N) is 4. The first-order chi connectivity index (χ1) is 18.4. The van der Waals surface area contributed by atoms with Crippen LogP contribution in [-0.4, -0.2) is 36.9 Å². The number of non-ortho nitro benzene ring substituents is 1. The van der Waals surface area contributed by atoms with Crippen molar-refractivity contribution in [1.29, 1.82) is 0 Å². The van der Waals surface area contributed by atoms with Gasteiger partial charge in [0.15, 0.2) is 5.11 Å². The van der Waals surface area contributed by atoms with Gasteiger partial charge in [-0.05, 0) is 61.1 Å². The molecule has 1 aliphatic rings. The number of carbonyl (C=O) groups excluding carboxylic acids is 1. The van der Waals surface area contributed by atoms with Gasteiger partial charge in [0.05, 0.1) is 28.4 Å². The van der Waals surface area contributed by atoms with Crippen molar-refractivity contribution in [1.82, 2.24) is 19.8 Å². The lowest BCUT2D eigenvalue weighted by Gasteiger charge is -2.28. The fourth-order valence-electron chi connectivity index (χ4n) is 4.74. The van der Waals surface area contributed by atoms with Crippen LogP contribution in [0.4, 0.5) is 11.4 Å². The summed E-state index contributed by atoms with van der Waals surface area (Å²) in [4.78, 5) is 30.4. The van der Waals surface area contributed by atoms with E-state index in [0.717, 1.165) is 22.6 Å². The maximum atomic E-state index is 12.9. The molecule has 0 aliphatic carbocycles. The molecule has 2 aromatic heterocycles. The van der Waals surface area contributed by atoms with E-state index < -0.39 is 4.92 Å². The Hall–Kier alpha value is -4.57. The molecule has 10 heteroatoms. The maximum absolute atomic E-state index is 12.9. The average Bonchev–Trinajstić information content (AvgIpc) is 3.53. The monoisotopic (exact) mass is 526 g/mol. The van der Waals surface area contributed by atoms with Gasteiger partial charge in [0, 0.05) is 48.9 Å². The summed E-state index contributed by atoms with van der Waals surface area (Å²) in [5.41, 5.74) is 4.11. The lowest BCUT2D eigenvalue weighted by molar-refractivity contribution is -0.384. The lowest BCUT2D eigenvalue weighted by atomic mass is 10.0. The van der Waals surface area contributed by atoms with Gasteiger partial charge in [0.2, 0.25) is 5.91 Å². The minimum Gasteiger partial charge on any atom is -0.352 e. The van der Waals surface area contributed by atoms with Crippen molar-refractivity contribution < 1.29 is 9.72 Å². The standard InChI is InChI=1S/C28H26N6O3S/c1-19-8-2-3-11-22(19)30-25(35)14-17-33-27(26(31-28(33)38)23-12-4-5-15-29-23)24-13-7-16-32(24)20-9-6-10-21(18-20)34(36)37/h2-13,15-16,18,26-27H,14,17H2,1H3,(H,30,35)(H,31,38)/t26-,27-/m1/s1. The van der Waals surface area contributed by atoms with Gasteiger partial charge >= 0.3 is 0 Å². The zero-order valence-electron chi connectivity index (χ0n) is 20.7. The van der Waals surface area contributed by atoms with Crippen molar-refractivity contribution in [3.63, 3.8) is 0 Å². The molecule has 1 amide bonds. The number of thiocarbonyl (C=S) groups is 1. The molecule has 0 radical (unpaired) electrons. The molecule has 2 N–H and O–H groups in total. The molecule has 2 atom stereocenters. The molecule has 5 rings (SSSR count). The number of nitro benzene ring substituents is 1. The second-order valence-electron chi connectivity index (χ2n) is 9.01. The number of aromatic nitrogens is 2. The van der Waals surface area contributed by atoms with E-state index in [1.807, 2.05) is 83.3 Å². The lowest BCUT2D eigenvalue weighted by Crippen LogP contribution is -2.33. The molecule has 192 valence electrons. The highest BCUT2D eigenvalue weighted by Crippen LogP contribution is 2.39. The molecule has 0 bridgehead atoms. The van der Waals surface area contributed by atoms with Crippen molar-refractivity contribution in [2.75, 3.05) is 11.9 Å². The van der Waals surface area contributed by atoms with Crippen LogP contribution in [0.25, 0.3) is 5.69 Å². The van der Waals surface area contributed by atoms with E-state index in [4.69, 9.17) is 12.2 Å². The van der Waals surface area contributed by atoms with Crippen LogP contribution < -0.4 is 10.6 Å². The van der Waals surface area contributed by atoms with Crippen LogP contribution in [0.5, 0.6) is 0 Å². The minimum atomic E-state index is -0.408. The molecule has 1 aliphatic heterocycles. The molecule has 1 fully saturated rings. The van der Waals surface area contributed by atoms with Gasteiger partial charge in [-0.1, -0.05) is 30.3 Å². The van der Waals surface area contributed by atoms with E-state index >= 15 is 0 Å². The highest BCUT2D eigenvalue weighted by atomic mass is 32.1. The molecule has 38 heavy (non-hydrogen) atoms. The zero-order chi connectivity index (χ0) is 26.6. The van der Waals surface area contributed by atoms with Crippen LogP contribution in [0.2, 0.25) is 0 Å². The molecule has 0 saturated carbocycles. The Morgan fingerprint density at radius 3 is 2.68 bits per heavy atom. The number of para-hydroxylation sites is 1. The first-order valence-corrected chi connectivity index (χ1v) is 12.6. The van der Waals surface area contributed by atoms with Gasteiger partial charge in [-0.2, -0.15) is 0 Å². The number of nitrogens with one attached hydrogen (secondary N) is 2. The number of pyridine rings is 1. The predicted octanol–water partition coefficient (Wildman–Crippen LogP) is 5.09. The predicted molar refractivity (Wildman–Crippen MR) is 149 cm³/mol. The summed E-state index contributed by atoms with van der Waals surface area (Å²) in [5, 5.41) is 18.3. The van der Waals surface area contributed by atoms with Crippen LogP contribution in [0.1, 0.15) is 35.5 Å². The first-order valence-electron chi connectivity index (χ1n) is 12.2. The highest BCUT2D eigenvalue weighted by molar-refractivity contribution is 7.80. The third-order valence-corrected chi connectivity index (χ3v) is 6.95. The highest BCUT2D eigenvalue weighted by Gasteiger charge is 2.41. The Morgan fingerprint density at radius 1 is 1.11 bits per heavy atom. The second kappa shape index (κ2) is 10.8. The molecular weight excluding hydrogens is 500 g/mol. The van der Waals surface area contributed by atoms with Gasteiger partial charge in [0.25, 0.3) is 5.69 Å². The molecule has 3 heterocycles. The van der Waals surface area contributed by atoms with Crippen LogP contribution in [0, 0.1) is 17.0 Å². The molecule has 0 spiro atoms. The first kappa shape index (κ1) is 25.1. The Balaban J connectivity index is 1.47. The topological polar surface area (TPSA) is 105 Å². The Bertz CT molecular complexity index is 1490. The summed E-state index contributed by atoms with van der Waals surface area (Å²) < 4.78 is 1.92. The Kier molecular flexibility index (Phi) is 7.14. The third kappa shape index (κ3) is 5.12. The SMILES string of the molecule is Cc1ccccc1NC(=O)CCN1C(=S)N[C@H](c2ccccn2)[C@H]1c1cccn1-c1cccc([N+](=O)[O-])c1. The number of hydrogen-bond donors (Lipinski definition) is 2.